The molecule has 0 heterocycles. The Hall–Kier alpha value is -2.00. The van der Waals surface area contributed by atoms with Gasteiger partial charge in [0.2, 0.25) is 0 Å². The van der Waals surface area contributed by atoms with Crippen LogP contribution in [-0.4, -0.2) is 6.03 Å². The van der Waals surface area contributed by atoms with Gasteiger partial charge in [0.1, 0.15) is 0 Å². The number of anilines is 2. The molecule has 0 radical (unpaired) electrons. The molecule has 23 heavy (non-hydrogen) atoms. The van der Waals surface area contributed by atoms with Gasteiger partial charge < -0.3 is 10.6 Å². The highest BCUT2D eigenvalue weighted by molar-refractivity contribution is 6.30. The van der Waals surface area contributed by atoms with Gasteiger partial charge in [-0.2, -0.15) is 0 Å². The Morgan fingerprint density at radius 3 is 2.00 bits per heavy atom. The molecule has 2 N–H and O–H groups in total. The van der Waals surface area contributed by atoms with Crippen LogP contribution in [0, 0.1) is 0 Å². The van der Waals surface area contributed by atoms with Crippen molar-refractivity contribution in [1.29, 1.82) is 0 Å². The zero-order chi connectivity index (χ0) is 17.0. The molecule has 122 valence electrons. The quantitative estimate of drug-likeness (QED) is 0.685. The number of hydrogen-bond acceptors (Lipinski definition) is 1. The standard InChI is InChI=1S/C19H23ClN2O/c1-12(2)16-9-6-10-17(13(3)4)18(16)22-19(23)21-15-8-5-7-14(20)11-15/h5-13H,1-4H3,(H2,21,22,23). The number of carbonyl (C=O) groups excluding carboxylic acids is 1. The van der Waals surface area contributed by atoms with Crippen LogP contribution < -0.4 is 10.6 Å². The molecule has 0 saturated heterocycles. The SMILES string of the molecule is CC(C)c1cccc(C(C)C)c1NC(=O)Nc1cccc(Cl)c1. The van der Waals surface area contributed by atoms with Crippen molar-refractivity contribution in [2.24, 2.45) is 0 Å². The van der Waals surface area contributed by atoms with Gasteiger partial charge in [-0.15, -0.1) is 0 Å². The van der Waals surface area contributed by atoms with E-state index in [4.69, 9.17) is 11.6 Å². The largest absolute Gasteiger partial charge is 0.323 e. The molecule has 3 nitrogen and oxygen atoms in total. The average molecular weight is 331 g/mol. The van der Waals surface area contributed by atoms with Crippen molar-refractivity contribution in [3.05, 3.63) is 58.6 Å². The number of amides is 2. The molecule has 2 rings (SSSR count). The molecule has 4 heteroatoms. The first-order chi connectivity index (χ1) is 10.9. The third-order valence-corrected chi connectivity index (χ3v) is 3.93. The second kappa shape index (κ2) is 7.51. The topological polar surface area (TPSA) is 41.1 Å². The van der Waals surface area contributed by atoms with Gasteiger partial charge >= 0.3 is 6.03 Å². The molecule has 0 aliphatic carbocycles. The molecule has 0 aliphatic heterocycles. The molecule has 0 atom stereocenters. The van der Waals surface area contributed by atoms with E-state index >= 15 is 0 Å². The maximum absolute atomic E-state index is 12.4. The van der Waals surface area contributed by atoms with Gasteiger partial charge in [0.25, 0.3) is 0 Å². The Bertz CT molecular complexity index is 669. The molecular weight excluding hydrogens is 308 g/mol. The molecule has 2 amide bonds. The zero-order valence-corrected chi connectivity index (χ0v) is 14.7. The van der Waals surface area contributed by atoms with Crippen LogP contribution in [0.15, 0.2) is 42.5 Å². The summed E-state index contributed by atoms with van der Waals surface area (Å²) in [6, 6.07) is 13.0. The fourth-order valence-corrected chi connectivity index (χ4v) is 2.73. The van der Waals surface area contributed by atoms with Crippen LogP contribution in [0.1, 0.15) is 50.7 Å². The predicted octanol–water partition coefficient (Wildman–Crippen LogP) is 6.23. The van der Waals surface area contributed by atoms with E-state index in [1.807, 2.05) is 12.1 Å². The van der Waals surface area contributed by atoms with E-state index in [2.05, 4.69) is 50.5 Å². The summed E-state index contributed by atoms with van der Waals surface area (Å²) >= 11 is 5.95. The van der Waals surface area contributed by atoms with E-state index in [9.17, 15) is 4.79 Å². The van der Waals surface area contributed by atoms with Crippen molar-refractivity contribution < 1.29 is 4.79 Å². The van der Waals surface area contributed by atoms with Gasteiger partial charge in [0, 0.05) is 16.4 Å². The predicted molar refractivity (Wildman–Crippen MR) is 98.7 cm³/mol. The molecular formula is C19H23ClN2O. The van der Waals surface area contributed by atoms with Crippen molar-refractivity contribution in [2.45, 2.75) is 39.5 Å². The second-order valence-corrected chi connectivity index (χ2v) is 6.65. The number of hydrogen-bond donors (Lipinski definition) is 2. The molecule has 0 spiro atoms. The van der Waals surface area contributed by atoms with E-state index < -0.39 is 0 Å². The fraction of sp³-hybridized carbons (Fsp3) is 0.316. The molecule has 0 aliphatic rings. The Morgan fingerprint density at radius 1 is 0.913 bits per heavy atom. The van der Waals surface area contributed by atoms with Crippen LogP contribution in [0.5, 0.6) is 0 Å². The van der Waals surface area contributed by atoms with Crippen LogP contribution in [0.4, 0.5) is 16.2 Å². The Balaban J connectivity index is 2.26. The lowest BCUT2D eigenvalue weighted by molar-refractivity contribution is 0.262. The third kappa shape index (κ3) is 4.49. The monoisotopic (exact) mass is 330 g/mol. The van der Waals surface area contributed by atoms with Gasteiger partial charge in [0.15, 0.2) is 0 Å². The van der Waals surface area contributed by atoms with E-state index in [1.54, 1.807) is 18.2 Å². The minimum atomic E-state index is -0.262. The van der Waals surface area contributed by atoms with Gasteiger partial charge in [-0.05, 0) is 41.2 Å². The first-order valence-corrected chi connectivity index (χ1v) is 8.22. The fourth-order valence-electron chi connectivity index (χ4n) is 2.54. The second-order valence-electron chi connectivity index (χ2n) is 6.21. The summed E-state index contributed by atoms with van der Waals surface area (Å²) < 4.78 is 0. The maximum atomic E-state index is 12.4. The lowest BCUT2D eigenvalue weighted by Gasteiger charge is -2.20. The molecule has 0 bridgehead atoms. The summed E-state index contributed by atoms with van der Waals surface area (Å²) in [6.45, 7) is 8.50. The number of benzene rings is 2. The van der Waals surface area contributed by atoms with Gasteiger partial charge in [-0.1, -0.05) is 63.6 Å². The summed E-state index contributed by atoms with van der Waals surface area (Å²) in [6.07, 6.45) is 0. The highest BCUT2D eigenvalue weighted by atomic mass is 35.5. The highest BCUT2D eigenvalue weighted by Crippen LogP contribution is 2.32. The summed E-state index contributed by atoms with van der Waals surface area (Å²) in [5.41, 5.74) is 3.84. The highest BCUT2D eigenvalue weighted by Gasteiger charge is 2.15. The van der Waals surface area contributed by atoms with Crippen LogP contribution in [0.2, 0.25) is 5.02 Å². The van der Waals surface area contributed by atoms with Crippen molar-refractivity contribution in [1.82, 2.24) is 0 Å². The van der Waals surface area contributed by atoms with Gasteiger partial charge in [-0.3, -0.25) is 0 Å². The van der Waals surface area contributed by atoms with Crippen LogP contribution in [0.3, 0.4) is 0 Å². The third-order valence-electron chi connectivity index (χ3n) is 3.69. The maximum Gasteiger partial charge on any atom is 0.323 e. The smallest absolute Gasteiger partial charge is 0.308 e. The summed E-state index contributed by atoms with van der Waals surface area (Å²) in [5, 5.41) is 6.44. The van der Waals surface area contributed by atoms with Gasteiger partial charge in [0.05, 0.1) is 0 Å². The van der Waals surface area contributed by atoms with Crippen molar-refractivity contribution >= 4 is 29.0 Å². The summed E-state index contributed by atoms with van der Waals surface area (Å²) in [7, 11) is 0. The molecule has 0 unspecified atom stereocenters. The van der Waals surface area contributed by atoms with Crippen molar-refractivity contribution in [3.63, 3.8) is 0 Å². The lowest BCUT2D eigenvalue weighted by Crippen LogP contribution is -2.21. The normalized spacial score (nSPS) is 10.9. The lowest BCUT2D eigenvalue weighted by atomic mass is 9.93. The molecule has 0 fully saturated rings. The van der Waals surface area contributed by atoms with E-state index in [1.165, 1.54) is 0 Å². The van der Waals surface area contributed by atoms with E-state index in [0.717, 1.165) is 16.8 Å². The Morgan fingerprint density at radius 2 is 1.48 bits per heavy atom. The van der Waals surface area contributed by atoms with E-state index in [0.29, 0.717) is 22.5 Å². The summed E-state index contributed by atoms with van der Waals surface area (Å²) in [4.78, 5) is 12.4. The van der Waals surface area contributed by atoms with Crippen LogP contribution in [0.25, 0.3) is 0 Å². The number of para-hydroxylation sites is 1. The zero-order valence-electron chi connectivity index (χ0n) is 14.0. The minimum Gasteiger partial charge on any atom is -0.308 e. The minimum absolute atomic E-state index is 0.262. The summed E-state index contributed by atoms with van der Waals surface area (Å²) in [5.74, 6) is 0.658. The Labute approximate surface area is 143 Å². The molecule has 0 saturated carbocycles. The van der Waals surface area contributed by atoms with Crippen molar-refractivity contribution in [2.75, 3.05) is 10.6 Å². The number of urea groups is 1. The number of halogens is 1. The molecule has 2 aromatic carbocycles. The molecule has 2 aromatic rings. The van der Waals surface area contributed by atoms with E-state index in [-0.39, 0.29) is 6.03 Å². The number of rotatable bonds is 4. The van der Waals surface area contributed by atoms with Gasteiger partial charge in [-0.25, -0.2) is 4.79 Å². The number of nitrogens with one attached hydrogen (secondary N) is 2. The number of carbonyl (C=O) groups is 1. The first kappa shape index (κ1) is 17.4. The van der Waals surface area contributed by atoms with Crippen LogP contribution >= 0.6 is 11.6 Å². The molecule has 0 aromatic heterocycles. The Kier molecular flexibility index (Phi) is 5.67. The first-order valence-electron chi connectivity index (χ1n) is 7.85. The van der Waals surface area contributed by atoms with Crippen molar-refractivity contribution in [3.8, 4) is 0 Å². The average Bonchev–Trinajstić information content (AvgIpc) is 2.46. The van der Waals surface area contributed by atoms with Crippen LogP contribution in [-0.2, 0) is 0 Å².